The maximum absolute atomic E-state index is 15.1. The Balaban J connectivity index is 1.42. The highest BCUT2D eigenvalue weighted by atomic mass is 35.5. The summed E-state index contributed by atoms with van der Waals surface area (Å²) in [5.41, 5.74) is 1.15. The van der Waals surface area contributed by atoms with Gasteiger partial charge in [0.25, 0.3) is 10.0 Å². The molecule has 0 unspecified atom stereocenters. The van der Waals surface area contributed by atoms with E-state index >= 15 is 4.39 Å². The van der Waals surface area contributed by atoms with Crippen LogP contribution in [-0.2, 0) is 22.0 Å². The molecule has 6 rings (SSSR count). The van der Waals surface area contributed by atoms with Crippen LogP contribution in [0.1, 0.15) is 30.4 Å². The van der Waals surface area contributed by atoms with E-state index in [-0.39, 0.29) is 55.7 Å². The highest BCUT2D eigenvalue weighted by molar-refractivity contribution is 7.93. The average molecular weight is 519 g/mol. The predicted molar refractivity (Wildman–Crippen MR) is 125 cm³/mol. The van der Waals surface area contributed by atoms with Crippen LogP contribution in [0.2, 0.25) is 5.02 Å². The van der Waals surface area contributed by atoms with Crippen molar-refractivity contribution in [1.82, 2.24) is 14.9 Å². The van der Waals surface area contributed by atoms with Gasteiger partial charge in [0.1, 0.15) is 17.3 Å². The van der Waals surface area contributed by atoms with E-state index in [1.165, 1.54) is 17.9 Å². The maximum Gasteiger partial charge on any atom is 0.270 e. The van der Waals surface area contributed by atoms with Gasteiger partial charge in [-0.3, -0.25) is 9.40 Å². The van der Waals surface area contributed by atoms with Gasteiger partial charge in [0.05, 0.1) is 30.7 Å². The largest absolute Gasteiger partial charge is 0.495 e. The lowest BCUT2D eigenvalue weighted by Crippen LogP contribution is -2.24. The Labute approximate surface area is 204 Å². The van der Waals surface area contributed by atoms with E-state index in [1.807, 2.05) is 6.07 Å². The molecule has 4 aromatic rings. The minimum atomic E-state index is -4.28. The first-order valence-electron chi connectivity index (χ1n) is 10.9. The van der Waals surface area contributed by atoms with Crippen LogP contribution in [0.15, 0.2) is 46.1 Å². The molecule has 2 aromatic heterocycles. The molecule has 1 saturated carbocycles. The van der Waals surface area contributed by atoms with Crippen molar-refractivity contribution in [3.05, 3.63) is 58.6 Å². The van der Waals surface area contributed by atoms with Gasteiger partial charge in [0, 0.05) is 28.9 Å². The van der Waals surface area contributed by atoms with E-state index in [4.69, 9.17) is 25.6 Å². The van der Waals surface area contributed by atoms with Gasteiger partial charge in [0.15, 0.2) is 16.3 Å². The van der Waals surface area contributed by atoms with Crippen molar-refractivity contribution >= 4 is 38.4 Å². The molecule has 9 nitrogen and oxygen atoms in total. The number of halogens is 2. The SMILES string of the molecule is COc1ccc2c(c1S(=O)(=O)Nc1noc3cc(Cn4cccn4)c(F)c(Cl)c13)OCCC21CC1. The number of nitrogens with zero attached hydrogens (tertiary/aromatic N) is 3. The van der Waals surface area contributed by atoms with E-state index in [0.717, 1.165) is 24.8 Å². The minimum absolute atomic E-state index is 0.0142. The summed E-state index contributed by atoms with van der Waals surface area (Å²) in [7, 11) is -2.90. The van der Waals surface area contributed by atoms with Gasteiger partial charge in [0.2, 0.25) is 0 Å². The van der Waals surface area contributed by atoms with Gasteiger partial charge >= 0.3 is 0 Å². The maximum atomic E-state index is 15.1. The molecule has 3 heterocycles. The number of rotatable bonds is 6. The molecule has 1 fully saturated rings. The molecule has 2 aromatic carbocycles. The lowest BCUT2D eigenvalue weighted by atomic mass is 9.90. The molecule has 1 aliphatic heterocycles. The van der Waals surface area contributed by atoms with Crippen molar-refractivity contribution in [2.75, 3.05) is 18.4 Å². The molecule has 0 amide bonds. The molecule has 0 atom stereocenters. The molecule has 12 heteroatoms. The van der Waals surface area contributed by atoms with Gasteiger partial charge in [-0.2, -0.15) is 5.10 Å². The zero-order valence-electron chi connectivity index (χ0n) is 18.5. The number of benzene rings is 2. The van der Waals surface area contributed by atoms with Crippen molar-refractivity contribution < 1.29 is 26.8 Å². The highest BCUT2D eigenvalue weighted by Crippen LogP contribution is 2.58. The van der Waals surface area contributed by atoms with E-state index in [1.54, 1.807) is 24.5 Å². The fourth-order valence-corrected chi connectivity index (χ4v) is 6.32. The summed E-state index contributed by atoms with van der Waals surface area (Å²) in [6.07, 6.45) is 6.05. The summed E-state index contributed by atoms with van der Waals surface area (Å²) in [6, 6.07) is 6.62. The Morgan fingerprint density at radius 2 is 2.14 bits per heavy atom. The van der Waals surface area contributed by atoms with Crippen LogP contribution >= 0.6 is 11.6 Å². The Kier molecular flexibility index (Phi) is 4.98. The van der Waals surface area contributed by atoms with Crippen LogP contribution in [0.5, 0.6) is 11.5 Å². The number of hydrogen-bond acceptors (Lipinski definition) is 7. The smallest absolute Gasteiger partial charge is 0.270 e. The third-order valence-corrected chi connectivity index (χ3v) is 8.40. The number of hydrogen-bond donors (Lipinski definition) is 1. The number of anilines is 1. The molecule has 0 bridgehead atoms. The Morgan fingerprint density at radius 1 is 1.31 bits per heavy atom. The first-order valence-corrected chi connectivity index (χ1v) is 12.8. The number of nitrogens with one attached hydrogen (secondary N) is 1. The lowest BCUT2D eigenvalue weighted by molar-refractivity contribution is 0.250. The zero-order valence-corrected chi connectivity index (χ0v) is 20.1. The Morgan fingerprint density at radius 3 is 2.86 bits per heavy atom. The van der Waals surface area contributed by atoms with Crippen molar-refractivity contribution in [2.24, 2.45) is 0 Å². The lowest BCUT2D eigenvalue weighted by Gasteiger charge is -2.28. The minimum Gasteiger partial charge on any atom is -0.495 e. The fraction of sp³-hybridized carbons (Fsp3) is 0.304. The fourth-order valence-electron chi connectivity index (χ4n) is 4.69. The third kappa shape index (κ3) is 3.52. The van der Waals surface area contributed by atoms with Crippen LogP contribution in [0.4, 0.5) is 10.2 Å². The first-order chi connectivity index (χ1) is 16.8. The number of methoxy groups -OCH3 is 1. The predicted octanol–water partition coefficient (Wildman–Crippen LogP) is 4.49. The molecule has 0 radical (unpaired) electrons. The summed E-state index contributed by atoms with van der Waals surface area (Å²) < 4.78 is 62.8. The standard InChI is InChI=1S/C23H20ClFN4O5S/c1-32-15-4-3-14-20(33-10-7-23(14)5-6-23)21(15)35(30,31)28-22-17-16(34-27-22)11-13(19(25)18(17)24)12-29-9-2-8-26-29/h2-4,8-9,11H,5-7,10,12H2,1H3,(H,27,28). The third-order valence-electron chi connectivity index (χ3n) is 6.66. The second-order valence-corrected chi connectivity index (χ2v) is 10.7. The van der Waals surface area contributed by atoms with Crippen LogP contribution < -0.4 is 14.2 Å². The van der Waals surface area contributed by atoms with Gasteiger partial charge in [-0.25, -0.2) is 12.8 Å². The molecule has 0 saturated heterocycles. The van der Waals surface area contributed by atoms with Crippen molar-refractivity contribution in [3.63, 3.8) is 0 Å². The number of sulfonamides is 1. The topological polar surface area (TPSA) is 108 Å². The van der Waals surface area contributed by atoms with Gasteiger partial charge in [-0.05, 0) is 37.5 Å². The second-order valence-electron chi connectivity index (χ2n) is 8.73. The molecule has 35 heavy (non-hydrogen) atoms. The summed E-state index contributed by atoms with van der Waals surface area (Å²) in [5, 5.41) is 7.60. The van der Waals surface area contributed by atoms with Crippen molar-refractivity contribution in [2.45, 2.75) is 36.1 Å². The van der Waals surface area contributed by atoms with E-state index in [0.29, 0.717) is 6.61 Å². The quantitative estimate of drug-likeness (QED) is 0.400. The summed E-state index contributed by atoms with van der Waals surface area (Å²) in [6.45, 7) is 0.522. The van der Waals surface area contributed by atoms with Crippen molar-refractivity contribution in [3.8, 4) is 11.5 Å². The summed E-state index contributed by atoms with van der Waals surface area (Å²) in [4.78, 5) is -0.133. The first kappa shape index (κ1) is 22.2. The molecule has 2 aliphatic rings. The van der Waals surface area contributed by atoms with Gasteiger partial charge in [-0.1, -0.05) is 22.8 Å². The van der Waals surface area contributed by atoms with Crippen LogP contribution in [0, 0.1) is 5.82 Å². The van der Waals surface area contributed by atoms with Crippen LogP contribution in [-0.4, -0.2) is 37.1 Å². The molecular formula is C23H20ClFN4O5S. The van der Waals surface area contributed by atoms with Crippen LogP contribution in [0.3, 0.4) is 0 Å². The molecule has 1 aliphatic carbocycles. The zero-order chi connectivity index (χ0) is 24.4. The monoisotopic (exact) mass is 518 g/mol. The molecular weight excluding hydrogens is 499 g/mol. The van der Waals surface area contributed by atoms with Crippen molar-refractivity contribution in [1.29, 1.82) is 0 Å². The van der Waals surface area contributed by atoms with E-state index in [2.05, 4.69) is 15.0 Å². The highest BCUT2D eigenvalue weighted by Gasteiger charge is 2.49. The number of ether oxygens (including phenoxy) is 2. The Bertz CT molecular complexity index is 1560. The molecule has 1 spiro atoms. The summed E-state index contributed by atoms with van der Waals surface area (Å²) in [5.74, 6) is -0.550. The van der Waals surface area contributed by atoms with Gasteiger partial charge in [-0.15, -0.1) is 0 Å². The molecule has 182 valence electrons. The average Bonchev–Trinajstić information content (AvgIpc) is 3.22. The second kappa shape index (κ2) is 7.85. The van der Waals surface area contributed by atoms with E-state index < -0.39 is 15.8 Å². The van der Waals surface area contributed by atoms with E-state index in [9.17, 15) is 8.42 Å². The number of aromatic nitrogens is 3. The Hall–Kier alpha value is -3.31. The molecule has 1 N–H and O–H groups in total. The normalized spacial score (nSPS) is 16.2. The van der Waals surface area contributed by atoms with Crippen LogP contribution in [0.25, 0.3) is 11.0 Å². The number of fused-ring (bicyclic) bond motifs is 3. The summed E-state index contributed by atoms with van der Waals surface area (Å²) >= 11 is 6.32. The van der Waals surface area contributed by atoms with Gasteiger partial charge < -0.3 is 14.0 Å².